The lowest BCUT2D eigenvalue weighted by Crippen LogP contribution is -2.46. The van der Waals surface area contributed by atoms with E-state index >= 15 is 0 Å². The fourth-order valence-corrected chi connectivity index (χ4v) is 8.83. The normalized spacial score (nSPS) is 12.6. The number of phosphoric acid groups is 2. The van der Waals surface area contributed by atoms with E-state index in [2.05, 4.69) is 25.8 Å². The smallest absolute Gasteiger partial charge is 0.472 e. The third-order valence-electron chi connectivity index (χ3n) is 11.2. The van der Waals surface area contributed by atoms with Crippen LogP contribution in [-0.2, 0) is 41.9 Å². The molecule has 2 aromatic rings. The number of nitrogens with zero attached hydrogens (tertiary/aromatic N) is 2. The van der Waals surface area contributed by atoms with E-state index in [0.29, 0.717) is 79.3 Å². The second-order valence-corrected chi connectivity index (χ2v) is 20.0. The van der Waals surface area contributed by atoms with Gasteiger partial charge in [0.15, 0.2) is 10.5 Å². The van der Waals surface area contributed by atoms with Crippen molar-refractivity contribution >= 4 is 94.9 Å². The first-order valence-electron chi connectivity index (χ1n) is 23.7. The maximum Gasteiger partial charge on any atom is 0.472 e. The van der Waals surface area contributed by atoms with Crippen molar-refractivity contribution in [1.29, 1.82) is 0 Å². The number of nitrogens with one attached hydrogen (secondary N) is 4. The number of hydrogen-bond acceptors (Lipinski definition) is 15. The number of aromatic hydroxyl groups is 1. The summed E-state index contributed by atoms with van der Waals surface area (Å²) in [6, 6.07) is 13.4. The molecule has 2 atom stereocenters. The molecule has 75 heavy (non-hydrogen) atoms. The van der Waals surface area contributed by atoms with E-state index in [1.807, 2.05) is 0 Å². The summed E-state index contributed by atoms with van der Waals surface area (Å²) in [4.78, 5) is 104. The Labute approximate surface area is 439 Å². The number of phenolic OH excluding ortho intramolecular Hbond substituents is 1. The molecule has 2 aromatic carbocycles. The molecule has 29 heteroatoms. The van der Waals surface area contributed by atoms with Crippen molar-refractivity contribution in [2.24, 2.45) is 5.92 Å². The zero-order chi connectivity index (χ0) is 55.1. The summed E-state index contributed by atoms with van der Waals surface area (Å²) in [5.74, 6) is -3.91. The van der Waals surface area contributed by atoms with Crippen molar-refractivity contribution in [2.75, 3.05) is 77.6 Å². The van der Waals surface area contributed by atoms with Crippen LogP contribution in [-0.4, -0.2) is 162 Å². The van der Waals surface area contributed by atoms with E-state index in [-0.39, 0.29) is 85.7 Å². The van der Waals surface area contributed by atoms with Gasteiger partial charge in [-0.2, -0.15) is 0 Å². The van der Waals surface area contributed by atoms with Gasteiger partial charge >= 0.3 is 21.6 Å². The highest BCUT2D eigenvalue weighted by Gasteiger charge is 2.25. The van der Waals surface area contributed by atoms with Gasteiger partial charge in [0.25, 0.3) is 0 Å². The molecule has 1 aliphatic heterocycles. The Morgan fingerprint density at radius 3 is 2.04 bits per heavy atom. The Kier molecular flexibility index (Phi) is 25.3. The SMILES string of the molecule is [B]CC(=O)N(CCNC(=O)CN(CCOP(=O)(O)O)C(=O)C[B])CC(=O)NCCCCCCOP(=O)(O)OCC(CO)CCCCNC(=S)Nc1ccc(-c2c3ccc(=O)cc-3oc3cc(O)ccc23)c(C(=O)O)c1. The van der Waals surface area contributed by atoms with Gasteiger partial charge in [0, 0.05) is 79.6 Å². The van der Waals surface area contributed by atoms with Crippen LogP contribution in [0, 0.1) is 5.92 Å². The molecule has 4 amide bonds. The second kappa shape index (κ2) is 30.7. The lowest BCUT2D eigenvalue weighted by atomic mass is 9.90. The maximum absolute atomic E-state index is 12.6. The molecule has 24 nitrogen and oxygen atoms in total. The van der Waals surface area contributed by atoms with Crippen LogP contribution >= 0.6 is 27.9 Å². The molecule has 10 N–H and O–H groups in total. The topological polar surface area (TPSA) is 353 Å². The number of anilines is 1. The summed E-state index contributed by atoms with van der Waals surface area (Å²) in [6.07, 6.45) is 2.91. The molecular formula is C46H60B2N6O18P2S. The van der Waals surface area contributed by atoms with Gasteiger partial charge in [0.1, 0.15) is 17.1 Å². The number of unbranched alkanes of at least 4 members (excludes halogenated alkanes) is 4. The number of carboxylic acids is 1. The van der Waals surface area contributed by atoms with Crippen LogP contribution in [0.4, 0.5) is 5.69 Å². The van der Waals surface area contributed by atoms with Crippen molar-refractivity contribution < 1.29 is 81.1 Å². The number of carbonyl (C=O) groups is 5. The molecule has 0 fully saturated rings. The van der Waals surface area contributed by atoms with E-state index in [0.717, 1.165) is 9.80 Å². The van der Waals surface area contributed by atoms with Crippen molar-refractivity contribution in [3.8, 4) is 28.2 Å². The van der Waals surface area contributed by atoms with E-state index in [9.17, 15) is 58.1 Å². The molecule has 404 valence electrons. The number of hydrogen-bond donors (Lipinski definition) is 10. The molecule has 0 aromatic heterocycles. The summed E-state index contributed by atoms with van der Waals surface area (Å²) in [6.45, 7) is -1.89. The number of aliphatic hydroxyl groups is 1. The summed E-state index contributed by atoms with van der Waals surface area (Å²) in [5, 5.41) is 42.2. The van der Waals surface area contributed by atoms with E-state index < -0.39 is 77.0 Å². The molecule has 2 unspecified atom stereocenters. The molecule has 0 saturated heterocycles. The summed E-state index contributed by atoms with van der Waals surface area (Å²) in [7, 11) is 1.62. The molecule has 0 saturated carbocycles. The lowest BCUT2D eigenvalue weighted by Gasteiger charge is -2.24. The number of aliphatic hydroxyl groups excluding tert-OH is 1. The molecule has 1 heterocycles. The fourth-order valence-electron chi connectivity index (χ4n) is 7.45. The van der Waals surface area contributed by atoms with Crippen LogP contribution in [0.1, 0.15) is 55.3 Å². The quantitative estimate of drug-likeness (QED) is 0.0108. The van der Waals surface area contributed by atoms with Gasteiger partial charge < -0.3 is 65.5 Å². The van der Waals surface area contributed by atoms with Gasteiger partial charge in [0.05, 0.1) is 54.2 Å². The molecule has 2 aliphatic rings. The minimum atomic E-state index is -4.79. The maximum atomic E-state index is 12.6. The van der Waals surface area contributed by atoms with Crippen LogP contribution in [0.15, 0.2) is 63.8 Å². The average molecular weight is 1100 g/mol. The zero-order valence-corrected chi connectivity index (χ0v) is 43.5. The van der Waals surface area contributed by atoms with Gasteiger partial charge in [-0.1, -0.05) is 25.3 Å². The van der Waals surface area contributed by atoms with Crippen LogP contribution in [0.3, 0.4) is 0 Å². The first-order chi connectivity index (χ1) is 35.6. The highest BCUT2D eigenvalue weighted by atomic mass is 32.1. The average Bonchev–Trinajstić information content (AvgIpc) is 3.35. The molecule has 0 spiro atoms. The number of aromatic carboxylic acids is 1. The lowest BCUT2D eigenvalue weighted by molar-refractivity contribution is -0.135. The minimum absolute atomic E-state index is 0.0566. The fraction of sp³-hybridized carbons (Fsp3) is 0.457. The summed E-state index contributed by atoms with van der Waals surface area (Å²) in [5.41, 5.74) is 1.64. The van der Waals surface area contributed by atoms with Crippen LogP contribution < -0.4 is 26.7 Å². The Bertz CT molecular complexity index is 2730. The van der Waals surface area contributed by atoms with Crippen LogP contribution in [0.25, 0.3) is 33.4 Å². The van der Waals surface area contributed by atoms with E-state index in [1.54, 1.807) is 24.3 Å². The van der Waals surface area contributed by atoms with Crippen molar-refractivity contribution in [3.05, 3.63) is 70.4 Å². The van der Waals surface area contributed by atoms with Gasteiger partial charge in [0.2, 0.25) is 23.6 Å². The highest BCUT2D eigenvalue weighted by Crippen LogP contribution is 2.44. The molecule has 4 radical (unpaired) electrons. The number of fused-ring (bicyclic) bond motifs is 2. The van der Waals surface area contributed by atoms with Crippen molar-refractivity contribution in [1.82, 2.24) is 25.8 Å². The molecular weight excluding hydrogens is 1040 g/mol. The summed E-state index contributed by atoms with van der Waals surface area (Å²) >= 11 is 5.45. The van der Waals surface area contributed by atoms with Crippen molar-refractivity contribution in [3.63, 3.8) is 0 Å². The number of phosphoric ester groups is 2. The predicted molar refractivity (Wildman–Crippen MR) is 280 cm³/mol. The Hall–Kier alpha value is -5.72. The van der Waals surface area contributed by atoms with Crippen molar-refractivity contribution in [2.45, 2.75) is 57.6 Å². The zero-order valence-electron chi connectivity index (χ0n) is 40.8. The number of carbonyl (C=O) groups excluding carboxylic acids is 4. The van der Waals surface area contributed by atoms with Crippen LogP contribution in [0.2, 0.25) is 12.6 Å². The summed E-state index contributed by atoms with van der Waals surface area (Å²) < 4.78 is 43.8. The molecule has 1 aliphatic carbocycles. The monoisotopic (exact) mass is 1100 g/mol. The third kappa shape index (κ3) is 21.4. The minimum Gasteiger partial charge on any atom is -0.508 e. The van der Waals surface area contributed by atoms with E-state index in [4.69, 9.17) is 51.2 Å². The second-order valence-electron chi connectivity index (χ2n) is 16.9. The largest absolute Gasteiger partial charge is 0.508 e. The Morgan fingerprint density at radius 2 is 1.37 bits per heavy atom. The highest BCUT2D eigenvalue weighted by molar-refractivity contribution is 7.80. The number of rotatable bonds is 33. The Morgan fingerprint density at radius 1 is 0.733 bits per heavy atom. The van der Waals surface area contributed by atoms with Gasteiger partial charge in [-0.3, -0.25) is 37.5 Å². The molecule has 0 bridgehead atoms. The predicted octanol–water partition coefficient (Wildman–Crippen LogP) is 2.90. The first kappa shape index (κ1) is 61.8. The van der Waals surface area contributed by atoms with E-state index in [1.165, 1.54) is 30.3 Å². The first-order valence-corrected chi connectivity index (χ1v) is 27.1. The van der Waals surface area contributed by atoms with Crippen LogP contribution in [0.5, 0.6) is 5.75 Å². The Balaban J connectivity index is 1.09. The molecule has 4 rings (SSSR count). The number of phenols is 1. The third-order valence-corrected chi connectivity index (χ3v) is 13.0. The standard InChI is InChI=1S/C46H60B2N6O18P2S/c47-24-42(60)53(17-16-50-41(59)27-54(43(61)25-48)18-20-69-73(64,65)66)26-40(58)49-14-4-1-2-6-19-70-74(67,68)71-29-30(28-55)7-3-5-15-51-46(75)52-31-8-11-34(37(21-31)45(62)63)44-35-12-9-32(56)22-38(35)72-39-23-33(57)10-13-36(39)44/h8-13,21-23,30,55-56H,1-7,14-20,24-29H2,(H,49,58)(H,50,59)(H,62,63)(H,67,68)(H2,51,52,75)(H2,64,65,66). The number of thiocarbonyl (C=S) groups is 1. The van der Waals surface area contributed by atoms with Gasteiger partial charge in [-0.25, -0.2) is 13.9 Å². The van der Waals surface area contributed by atoms with Gasteiger partial charge in [-0.15, -0.1) is 0 Å². The number of carboxylic acid groups (broad SMARTS) is 1. The van der Waals surface area contributed by atoms with Gasteiger partial charge in [-0.05, 0) is 92.5 Å². The number of amides is 4. The number of benzene rings is 3.